The Kier molecular flexibility index (Phi) is 4.63. The molecule has 1 rings (SSSR count). The van der Waals surface area contributed by atoms with Crippen LogP contribution in [0.25, 0.3) is 0 Å². The van der Waals surface area contributed by atoms with E-state index in [0.717, 1.165) is 0 Å². The summed E-state index contributed by atoms with van der Waals surface area (Å²) in [6, 6.07) is 3.16. The molecule has 0 saturated carbocycles. The van der Waals surface area contributed by atoms with Gasteiger partial charge in [-0.05, 0) is 12.0 Å². The second-order valence-corrected chi connectivity index (χ2v) is 4.09. The summed E-state index contributed by atoms with van der Waals surface area (Å²) >= 11 is 0. The normalized spacial score (nSPS) is 12.2. The summed E-state index contributed by atoms with van der Waals surface area (Å²) in [6.45, 7) is 3.72. The number of carbonyl (C=O) groups is 2. The molecule has 1 unspecified atom stereocenters. The van der Waals surface area contributed by atoms with E-state index in [-0.39, 0.29) is 12.3 Å². The Balaban J connectivity index is 2.75. The summed E-state index contributed by atoms with van der Waals surface area (Å²) < 4.78 is 4.93. The Hall–Kier alpha value is -1.91. The monoisotopic (exact) mass is 237 g/mol. The number of hydrogen-bond acceptors (Lipinski definition) is 4. The van der Waals surface area contributed by atoms with Crippen molar-refractivity contribution in [1.29, 1.82) is 0 Å². The molecule has 0 fully saturated rings. The van der Waals surface area contributed by atoms with Crippen molar-refractivity contribution in [2.75, 3.05) is 0 Å². The number of hydrogen-bond donors (Lipinski definition) is 1. The SMILES string of the molecule is CC(C)CC(=O)OC(C(=O)O)c1cccnc1. The Morgan fingerprint density at radius 2 is 2.18 bits per heavy atom. The van der Waals surface area contributed by atoms with E-state index >= 15 is 0 Å². The minimum atomic E-state index is -1.28. The second kappa shape index (κ2) is 5.98. The highest BCUT2D eigenvalue weighted by Gasteiger charge is 2.24. The van der Waals surface area contributed by atoms with Crippen molar-refractivity contribution in [3.8, 4) is 0 Å². The largest absolute Gasteiger partial charge is 0.478 e. The number of carbonyl (C=O) groups excluding carboxylic acids is 1. The van der Waals surface area contributed by atoms with Gasteiger partial charge in [-0.2, -0.15) is 0 Å². The van der Waals surface area contributed by atoms with Gasteiger partial charge in [0.25, 0.3) is 0 Å². The maximum atomic E-state index is 11.4. The first-order valence-corrected chi connectivity index (χ1v) is 5.33. The van der Waals surface area contributed by atoms with Crippen LogP contribution in [0.3, 0.4) is 0 Å². The average molecular weight is 237 g/mol. The van der Waals surface area contributed by atoms with Crippen molar-refractivity contribution >= 4 is 11.9 Å². The molecule has 0 aliphatic rings. The molecule has 5 nitrogen and oxygen atoms in total. The van der Waals surface area contributed by atoms with Gasteiger partial charge in [0.05, 0.1) is 0 Å². The van der Waals surface area contributed by atoms with Crippen molar-refractivity contribution in [3.05, 3.63) is 30.1 Å². The van der Waals surface area contributed by atoms with Crippen LogP contribution in [-0.2, 0) is 14.3 Å². The van der Waals surface area contributed by atoms with Gasteiger partial charge in [0.15, 0.2) is 0 Å². The molecule has 1 atom stereocenters. The molecule has 1 heterocycles. The quantitative estimate of drug-likeness (QED) is 0.790. The zero-order chi connectivity index (χ0) is 12.8. The lowest BCUT2D eigenvalue weighted by molar-refractivity contribution is -0.165. The van der Waals surface area contributed by atoms with E-state index in [1.165, 1.54) is 12.4 Å². The van der Waals surface area contributed by atoms with Gasteiger partial charge in [0, 0.05) is 24.4 Å². The van der Waals surface area contributed by atoms with Crippen molar-refractivity contribution in [3.63, 3.8) is 0 Å². The van der Waals surface area contributed by atoms with E-state index in [1.54, 1.807) is 12.1 Å². The highest BCUT2D eigenvalue weighted by molar-refractivity contribution is 5.79. The van der Waals surface area contributed by atoms with Crippen LogP contribution in [0.15, 0.2) is 24.5 Å². The fraction of sp³-hybridized carbons (Fsp3) is 0.417. The van der Waals surface area contributed by atoms with Crippen LogP contribution in [0.4, 0.5) is 0 Å². The fourth-order valence-electron chi connectivity index (χ4n) is 1.30. The molecule has 92 valence electrons. The predicted molar refractivity (Wildman–Crippen MR) is 60.2 cm³/mol. The molecular formula is C12H15NO4. The minimum Gasteiger partial charge on any atom is -0.478 e. The van der Waals surface area contributed by atoms with Gasteiger partial charge in [-0.3, -0.25) is 9.78 Å². The standard InChI is InChI=1S/C12H15NO4/c1-8(2)6-10(14)17-11(12(15)16)9-4-3-5-13-7-9/h3-5,7-8,11H,6H2,1-2H3,(H,15,16). The summed E-state index contributed by atoms with van der Waals surface area (Å²) in [5, 5.41) is 9.00. The first-order chi connectivity index (χ1) is 8.00. The summed E-state index contributed by atoms with van der Waals surface area (Å²) in [5.74, 6) is -1.59. The molecular weight excluding hydrogens is 222 g/mol. The maximum absolute atomic E-state index is 11.4. The van der Waals surface area contributed by atoms with Crippen LogP contribution in [0.1, 0.15) is 31.9 Å². The summed E-state index contributed by atoms with van der Waals surface area (Å²) in [7, 11) is 0. The van der Waals surface area contributed by atoms with Crippen LogP contribution < -0.4 is 0 Å². The van der Waals surface area contributed by atoms with Crippen molar-refractivity contribution < 1.29 is 19.4 Å². The highest BCUT2D eigenvalue weighted by Crippen LogP contribution is 2.18. The third kappa shape index (κ3) is 4.22. The molecule has 0 bridgehead atoms. The lowest BCUT2D eigenvalue weighted by Crippen LogP contribution is -2.20. The lowest BCUT2D eigenvalue weighted by Gasteiger charge is -2.14. The minimum absolute atomic E-state index is 0.130. The van der Waals surface area contributed by atoms with Gasteiger partial charge in [0.2, 0.25) is 6.10 Å². The molecule has 1 aromatic heterocycles. The Labute approximate surface area is 99.4 Å². The van der Waals surface area contributed by atoms with Gasteiger partial charge < -0.3 is 9.84 Å². The summed E-state index contributed by atoms with van der Waals surface area (Å²) in [6.07, 6.45) is 1.82. The third-order valence-electron chi connectivity index (χ3n) is 2.04. The second-order valence-electron chi connectivity index (χ2n) is 4.09. The number of aromatic nitrogens is 1. The number of aliphatic carboxylic acids is 1. The molecule has 0 aromatic carbocycles. The van der Waals surface area contributed by atoms with Gasteiger partial charge in [0.1, 0.15) is 0 Å². The van der Waals surface area contributed by atoms with Gasteiger partial charge >= 0.3 is 11.9 Å². The molecule has 0 aliphatic heterocycles. The maximum Gasteiger partial charge on any atom is 0.349 e. The van der Waals surface area contributed by atoms with Crippen LogP contribution in [-0.4, -0.2) is 22.0 Å². The first kappa shape index (κ1) is 13.2. The van der Waals surface area contributed by atoms with E-state index in [0.29, 0.717) is 5.56 Å². The van der Waals surface area contributed by atoms with E-state index in [9.17, 15) is 9.59 Å². The van der Waals surface area contributed by atoms with Crippen molar-refractivity contribution in [2.24, 2.45) is 5.92 Å². The molecule has 17 heavy (non-hydrogen) atoms. The van der Waals surface area contributed by atoms with Gasteiger partial charge in [-0.15, -0.1) is 0 Å². The van der Waals surface area contributed by atoms with E-state index in [4.69, 9.17) is 9.84 Å². The zero-order valence-corrected chi connectivity index (χ0v) is 9.79. The number of ether oxygens (including phenoxy) is 1. The van der Waals surface area contributed by atoms with Crippen LogP contribution >= 0.6 is 0 Å². The van der Waals surface area contributed by atoms with Gasteiger partial charge in [-0.25, -0.2) is 4.79 Å². The van der Waals surface area contributed by atoms with E-state index in [1.807, 2.05) is 13.8 Å². The molecule has 5 heteroatoms. The molecule has 1 aromatic rings. The molecule has 0 amide bonds. The first-order valence-electron chi connectivity index (χ1n) is 5.33. The average Bonchev–Trinajstić information content (AvgIpc) is 2.25. The lowest BCUT2D eigenvalue weighted by atomic mass is 10.1. The molecule has 0 aliphatic carbocycles. The van der Waals surface area contributed by atoms with Gasteiger partial charge in [-0.1, -0.05) is 19.9 Å². The number of nitrogens with zero attached hydrogens (tertiary/aromatic N) is 1. The van der Waals surface area contributed by atoms with Crippen LogP contribution in [0.5, 0.6) is 0 Å². The van der Waals surface area contributed by atoms with E-state index < -0.39 is 18.0 Å². The fourth-order valence-corrected chi connectivity index (χ4v) is 1.30. The van der Waals surface area contributed by atoms with Crippen LogP contribution in [0.2, 0.25) is 0 Å². The number of carboxylic acids is 1. The molecule has 0 radical (unpaired) electrons. The molecule has 0 spiro atoms. The Morgan fingerprint density at radius 3 is 2.65 bits per heavy atom. The summed E-state index contributed by atoms with van der Waals surface area (Å²) in [4.78, 5) is 26.3. The highest BCUT2D eigenvalue weighted by atomic mass is 16.6. The number of carboxylic acid groups (broad SMARTS) is 1. The smallest absolute Gasteiger partial charge is 0.349 e. The van der Waals surface area contributed by atoms with Crippen LogP contribution in [0, 0.1) is 5.92 Å². The van der Waals surface area contributed by atoms with Crippen molar-refractivity contribution in [1.82, 2.24) is 4.98 Å². The van der Waals surface area contributed by atoms with Crippen molar-refractivity contribution in [2.45, 2.75) is 26.4 Å². The molecule has 1 N–H and O–H groups in total. The Morgan fingerprint density at radius 1 is 1.47 bits per heavy atom. The number of esters is 1. The third-order valence-corrected chi connectivity index (χ3v) is 2.04. The summed E-state index contributed by atoms with van der Waals surface area (Å²) in [5.41, 5.74) is 0.358. The molecule has 0 saturated heterocycles. The van der Waals surface area contributed by atoms with E-state index in [2.05, 4.69) is 4.98 Å². The topological polar surface area (TPSA) is 76.5 Å². The number of pyridine rings is 1. The number of rotatable bonds is 5. The predicted octanol–water partition coefficient (Wildman–Crippen LogP) is 1.80. The zero-order valence-electron chi connectivity index (χ0n) is 9.79. The Bertz CT molecular complexity index is 389.